The molecule has 0 saturated carbocycles. The lowest BCUT2D eigenvalue weighted by atomic mass is 10.1. The Bertz CT molecular complexity index is 612. The van der Waals surface area contributed by atoms with Crippen molar-refractivity contribution in [1.29, 1.82) is 0 Å². The quantitative estimate of drug-likeness (QED) is 0.845. The van der Waals surface area contributed by atoms with E-state index in [1.807, 2.05) is 18.2 Å². The fourth-order valence-corrected chi connectivity index (χ4v) is 2.24. The molecular formula is C14H12Cl2N2O2. The van der Waals surface area contributed by atoms with Gasteiger partial charge < -0.3 is 10.2 Å². The van der Waals surface area contributed by atoms with Crippen LogP contribution in [0.25, 0.3) is 0 Å². The average molecular weight is 311 g/mol. The van der Waals surface area contributed by atoms with Crippen LogP contribution in [0.4, 0.5) is 11.4 Å². The van der Waals surface area contributed by atoms with Crippen LogP contribution >= 0.6 is 23.2 Å². The molecule has 6 heteroatoms. The number of hydrogen-bond acceptors (Lipinski definition) is 4. The van der Waals surface area contributed by atoms with E-state index in [0.29, 0.717) is 21.4 Å². The summed E-state index contributed by atoms with van der Waals surface area (Å²) in [6.07, 6.45) is 0.0573. The summed E-state index contributed by atoms with van der Waals surface area (Å²) in [5.74, 6) is 4.33. The van der Waals surface area contributed by atoms with Crippen LogP contribution in [0.15, 0.2) is 42.5 Å². The van der Waals surface area contributed by atoms with Crippen LogP contribution in [0.1, 0.15) is 5.56 Å². The maximum Gasteiger partial charge on any atom is 0.328 e. The van der Waals surface area contributed by atoms with Crippen LogP contribution in [0.3, 0.4) is 0 Å². The summed E-state index contributed by atoms with van der Waals surface area (Å²) in [5, 5.41) is 4.11. The summed E-state index contributed by atoms with van der Waals surface area (Å²) < 4.78 is 0. The normalized spacial score (nSPS) is 10.2. The minimum Gasteiger partial charge on any atom is -0.373 e. The molecule has 0 aliphatic heterocycles. The first-order valence-corrected chi connectivity index (χ1v) is 6.56. The van der Waals surface area contributed by atoms with E-state index in [1.165, 1.54) is 0 Å². The Labute approximate surface area is 126 Å². The van der Waals surface area contributed by atoms with Crippen molar-refractivity contribution in [3.8, 4) is 0 Å². The minimum absolute atomic E-state index is 0.0573. The third kappa shape index (κ3) is 3.42. The molecule has 0 aliphatic rings. The molecule has 20 heavy (non-hydrogen) atoms. The van der Waals surface area contributed by atoms with Gasteiger partial charge in [0.15, 0.2) is 0 Å². The van der Waals surface area contributed by atoms with Crippen molar-refractivity contribution in [3.05, 3.63) is 58.1 Å². The zero-order chi connectivity index (χ0) is 14.5. The monoisotopic (exact) mass is 310 g/mol. The summed E-state index contributed by atoms with van der Waals surface area (Å²) in [6.45, 7) is 0. The number of benzene rings is 2. The van der Waals surface area contributed by atoms with E-state index in [-0.39, 0.29) is 6.42 Å². The molecule has 3 N–H and O–H groups in total. The fraction of sp³-hybridized carbons (Fsp3) is 0.0714. The molecule has 2 aromatic carbocycles. The van der Waals surface area contributed by atoms with Gasteiger partial charge in [-0.15, -0.1) is 0 Å². The highest BCUT2D eigenvalue weighted by Gasteiger charge is 2.11. The summed E-state index contributed by atoms with van der Waals surface area (Å²) in [6, 6.07) is 12.5. The molecule has 0 amide bonds. The molecule has 0 aliphatic carbocycles. The highest BCUT2D eigenvalue weighted by Crippen LogP contribution is 2.33. The van der Waals surface area contributed by atoms with Crippen molar-refractivity contribution in [1.82, 2.24) is 0 Å². The van der Waals surface area contributed by atoms with E-state index in [0.717, 1.165) is 5.56 Å². The molecule has 104 valence electrons. The highest BCUT2D eigenvalue weighted by atomic mass is 35.5. The van der Waals surface area contributed by atoms with Gasteiger partial charge >= 0.3 is 5.97 Å². The van der Waals surface area contributed by atoms with Crippen LogP contribution in [-0.4, -0.2) is 5.97 Å². The predicted molar refractivity (Wildman–Crippen MR) is 80.2 cm³/mol. The Morgan fingerprint density at radius 2 is 1.75 bits per heavy atom. The molecule has 0 heterocycles. The number of nitrogens with one attached hydrogen (secondary N) is 1. The van der Waals surface area contributed by atoms with Gasteiger partial charge in [0.05, 0.1) is 22.2 Å². The predicted octanol–water partition coefficient (Wildman–Crippen LogP) is 3.70. The van der Waals surface area contributed by atoms with Gasteiger partial charge in [0.1, 0.15) is 0 Å². The lowest BCUT2D eigenvalue weighted by molar-refractivity contribution is -0.143. The highest BCUT2D eigenvalue weighted by molar-refractivity contribution is 6.39. The van der Waals surface area contributed by atoms with Gasteiger partial charge in [-0.2, -0.15) is 5.90 Å². The Hall–Kier alpha value is -1.75. The number of carbonyl (C=O) groups is 1. The largest absolute Gasteiger partial charge is 0.373 e. The molecular weight excluding hydrogens is 299 g/mol. The summed E-state index contributed by atoms with van der Waals surface area (Å²) >= 11 is 12.2. The first kappa shape index (κ1) is 14.7. The van der Waals surface area contributed by atoms with E-state index >= 15 is 0 Å². The average Bonchev–Trinajstić information content (AvgIpc) is 2.44. The van der Waals surface area contributed by atoms with Crippen molar-refractivity contribution in [2.75, 3.05) is 5.32 Å². The van der Waals surface area contributed by atoms with Gasteiger partial charge in [-0.3, -0.25) is 4.79 Å². The van der Waals surface area contributed by atoms with E-state index < -0.39 is 5.97 Å². The first-order valence-electron chi connectivity index (χ1n) is 5.80. The van der Waals surface area contributed by atoms with Gasteiger partial charge in [-0.05, 0) is 23.8 Å². The molecule has 0 unspecified atom stereocenters. The smallest absolute Gasteiger partial charge is 0.328 e. The SMILES string of the molecule is NOC(=O)Cc1ccccc1Nc1c(Cl)cccc1Cl. The molecule has 0 radical (unpaired) electrons. The van der Waals surface area contributed by atoms with Gasteiger partial charge in [0.2, 0.25) is 0 Å². The van der Waals surface area contributed by atoms with Crippen LogP contribution in [0, 0.1) is 0 Å². The van der Waals surface area contributed by atoms with Crippen LogP contribution in [0.2, 0.25) is 10.0 Å². The maximum absolute atomic E-state index is 11.3. The van der Waals surface area contributed by atoms with E-state index in [4.69, 9.17) is 29.1 Å². The van der Waals surface area contributed by atoms with E-state index in [1.54, 1.807) is 24.3 Å². The maximum atomic E-state index is 11.3. The molecule has 4 nitrogen and oxygen atoms in total. The van der Waals surface area contributed by atoms with Crippen molar-refractivity contribution < 1.29 is 9.63 Å². The second-order valence-electron chi connectivity index (χ2n) is 4.05. The van der Waals surface area contributed by atoms with Crippen molar-refractivity contribution in [2.24, 2.45) is 5.90 Å². The van der Waals surface area contributed by atoms with Crippen LogP contribution < -0.4 is 11.2 Å². The van der Waals surface area contributed by atoms with Crippen molar-refractivity contribution >= 4 is 40.5 Å². The molecule has 2 aromatic rings. The molecule has 0 fully saturated rings. The summed E-state index contributed by atoms with van der Waals surface area (Å²) in [7, 11) is 0. The molecule has 0 aromatic heterocycles. The third-order valence-corrected chi connectivity index (χ3v) is 3.34. The van der Waals surface area contributed by atoms with Gasteiger partial charge in [-0.25, -0.2) is 0 Å². The Kier molecular flexibility index (Phi) is 4.84. The summed E-state index contributed by atoms with van der Waals surface area (Å²) in [4.78, 5) is 15.5. The molecule has 0 atom stereocenters. The summed E-state index contributed by atoms with van der Waals surface area (Å²) in [5.41, 5.74) is 2.04. The van der Waals surface area contributed by atoms with E-state index in [2.05, 4.69) is 10.2 Å². The Balaban J connectivity index is 2.32. The lowest BCUT2D eigenvalue weighted by Crippen LogP contribution is -2.13. The Morgan fingerprint density at radius 1 is 1.10 bits per heavy atom. The standard InChI is InChI=1S/C14H12Cl2N2O2/c15-10-5-3-6-11(16)14(10)18-12-7-2-1-4-9(12)8-13(19)20-17/h1-7,18H,8,17H2. The number of carbonyl (C=O) groups excluding carboxylic acids is 1. The minimum atomic E-state index is -0.524. The number of anilines is 2. The molecule has 0 spiro atoms. The second kappa shape index (κ2) is 6.61. The second-order valence-corrected chi connectivity index (χ2v) is 4.86. The fourth-order valence-electron chi connectivity index (χ4n) is 1.75. The van der Waals surface area contributed by atoms with E-state index in [9.17, 15) is 4.79 Å². The molecule has 0 bridgehead atoms. The zero-order valence-electron chi connectivity index (χ0n) is 10.4. The number of halogens is 2. The number of para-hydroxylation sites is 2. The van der Waals surface area contributed by atoms with Crippen LogP contribution in [-0.2, 0) is 16.1 Å². The van der Waals surface area contributed by atoms with Gasteiger partial charge in [0.25, 0.3) is 0 Å². The van der Waals surface area contributed by atoms with Crippen molar-refractivity contribution in [2.45, 2.75) is 6.42 Å². The zero-order valence-corrected chi connectivity index (χ0v) is 11.9. The molecule has 0 saturated heterocycles. The number of hydrogen-bond donors (Lipinski definition) is 2. The third-order valence-electron chi connectivity index (χ3n) is 2.71. The van der Waals surface area contributed by atoms with Gasteiger partial charge in [0, 0.05) is 5.69 Å². The molecule has 2 rings (SSSR count). The lowest BCUT2D eigenvalue weighted by Gasteiger charge is -2.13. The van der Waals surface area contributed by atoms with Crippen LogP contribution in [0.5, 0.6) is 0 Å². The topological polar surface area (TPSA) is 64.3 Å². The number of nitrogens with two attached hydrogens (primary N) is 1. The number of rotatable bonds is 4. The van der Waals surface area contributed by atoms with Crippen molar-refractivity contribution in [3.63, 3.8) is 0 Å². The Morgan fingerprint density at radius 3 is 2.40 bits per heavy atom. The van der Waals surface area contributed by atoms with Gasteiger partial charge in [-0.1, -0.05) is 47.5 Å². The first-order chi connectivity index (χ1) is 9.61.